The fourth-order valence-corrected chi connectivity index (χ4v) is 3.45. The zero-order valence-corrected chi connectivity index (χ0v) is 18.1. The molecule has 0 aromatic heterocycles. The van der Waals surface area contributed by atoms with E-state index in [0.717, 1.165) is 4.90 Å². The summed E-state index contributed by atoms with van der Waals surface area (Å²) >= 11 is 0. The largest absolute Gasteiger partial charge is 0.488 e. The molecule has 1 aliphatic rings. The smallest absolute Gasteiger partial charge is 0.335 e. The maximum absolute atomic E-state index is 13.2. The Morgan fingerprint density at radius 3 is 2.35 bits per heavy atom. The number of benzene rings is 3. The summed E-state index contributed by atoms with van der Waals surface area (Å²) in [6.45, 7) is 1.88. The van der Waals surface area contributed by atoms with Crippen LogP contribution in [0, 0.1) is 17.0 Å². The zero-order chi connectivity index (χ0) is 24.2. The first-order valence-electron chi connectivity index (χ1n) is 10.3. The number of nitrogens with one attached hydrogen (secondary N) is 1. The molecule has 0 aliphatic carbocycles. The molecular weight excluding hydrogens is 438 g/mol. The first-order valence-corrected chi connectivity index (χ1v) is 10.3. The third-order valence-corrected chi connectivity index (χ3v) is 5.22. The lowest BCUT2D eigenvalue weighted by atomic mass is 10.0. The Kier molecular flexibility index (Phi) is 6.18. The van der Waals surface area contributed by atoms with Crippen LogP contribution < -0.4 is 15.0 Å². The van der Waals surface area contributed by atoms with Crippen LogP contribution in [-0.4, -0.2) is 22.8 Å². The van der Waals surface area contributed by atoms with Crippen molar-refractivity contribution in [3.05, 3.63) is 105 Å². The first-order chi connectivity index (χ1) is 16.3. The van der Waals surface area contributed by atoms with Crippen LogP contribution in [0.25, 0.3) is 6.08 Å². The minimum absolute atomic E-state index is 0.0246. The molecule has 0 unspecified atom stereocenters. The molecule has 0 radical (unpaired) electrons. The number of nitro benzene ring substituents is 1. The lowest BCUT2D eigenvalue weighted by molar-refractivity contribution is -0.384. The first kappa shape index (κ1) is 22.4. The molecule has 9 nitrogen and oxygen atoms in total. The number of rotatable bonds is 6. The van der Waals surface area contributed by atoms with E-state index in [9.17, 15) is 24.5 Å². The van der Waals surface area contributed by atoms with Gasteiger partial charge in [-0.1, -0.05) is 36.4 Å². The number of anilines is 1. The lowest BCUT2D eigenvalue weighted by Crippen LogP contribution is -2.54. The van der Waals surface area contributed by atoms with Crippen molar-refractivity contribution < 1.29 is 24.0 Å². The second kappa shape index (κ2) is 9.37. The van der Waals surface area contributed by atoms with E-state index in [4.69, 9.17) is 4.74 Å². The van der Waals surface area contributed by atoms with Crippen molar-refractivity contribution in [1.82, 2.24) is 5.32 Å². The molecule has 1 heterocycles. The third-order valence-electron chi connectivity index (χ3n) is 5.22. The van der Waals surface area contributed by atoms with Gasteiger partial charge < -0.3 is 4.74 Å². The van der Waals surface area contributed by atoms with Crippen molar-refractivity contribution >= 4 is 35.3 Å². The highest BCUT2D eigenvalue weighted by atomic mass is 16.6. The number of hydrogen-bond acceptors (Lipinski definition) is 6. The molecule has 1 fully saturated rings. The van der Waals surface area contributed by atoms with Crippen molar-refractivity contribution in [3.8, 4) is 5.75 Å². The molecule has 1 N–H and O–H groups in total. The number of carbonyl (C=O) groups excluding carboxylic acids is 3. The number of urea groups is 1. The van der Waals surface area contributed by atoms with Gasteiger partial charge in [0.15, 0.2) is 0 Å². The number of ether oxygens (including phenoxy) is 1. The van der Waals surface area contributed by atoms with E-state index >= 15 is 0 Å². The molecule has 0 spiro atoms. The third kappa shape index (κ3) is 4.53. The second-order valence-electron chi connectivity index (χ2n) is 7.49. The predicted molar refractivity (Wildman–Crippen MR) is 124 cm³/mol. The SMILES string of the molecule is Cc1ccccc1N1C(=O)NC(=O)/C(=C\c2ccccc2OCc2ccc([N+](=O)[O-])cc2)C1=O. The molecule has 4 amide bonds. The van der Waals surface area contributed by atoms with Crippen molar-refractivity contribution in [2.24, 2.45) is 0 Å². The molecule has 34 heavy (non-hydrogen) atoms. The van der Waals surface area contributed by atoms with E-state index in [2.05, 4.69) is 5.32 Å². The van der Waals surface area contributed by atoms with Gasteiger partial charge in [-0.05, 0) is 48.4 Å². The molecular formula is C25H19N3O6. The molecule has 4 rings (SSSR count). The predicted octanol–water partition coefficient (Wildman–Crippen LogP) is 4.15. The molecule has 0 saturated carbocycles. The summed E-state index contributed by atoms with van der Waals surface area (Å²) in [5.41, 5.74) is 2.01. The topological polar surface area (TPSA) is 119 Å². The summed E-state index contributed by atoms with van der Waals surface area (Å²) < 4.78 is 5.85. The van der Waals surface area contributed by atoms with Crippen LogP contribution in [0.15, 0.2) is 78.4 Å². The van der Waals surface area contributed by atoms with Crippen LogP contribution in [0.1, 0.15) is 16.7 Å². The average molecular weight is 457 g/mol. The van der Waals surface area contributed by atoms with Crippen LogP contribution in [0.4, 0.5) is 16.2 Å². The number of nitrogens with zero attached hydrogens (tertiary/aromatic N) is 2. The highest BCUT2D eigenvalue weighted by Crippen LogP contribution is 2.27. The Morgan fingerprint density at radius 2 is 1.65 bits per heavy atom. The van der Waals surface area contributed by atoms with Crippen LogP contribution >= 0.6 is 0 Å². The highest BCUT2D eigenvalue weighted by molar-refractivity contribution is 6.39. The number of aryl methyl sites for hydroxylation is 1. The number of imide groups is 2. The number of amides is 4. The molecule has 3 aromatic rings. The average Bonchev–Trinajstić information content (AvgIpc) is 2.82. The number of nitro groups is 1. The Hall–Kier alpha value is -4.79. The normalized spacial score (nSPS) is 14.8. The summed E-state index contributed by atoms with van der Waals surface area (Å²) in [7, 11) is 0. The van der Waals surface area contributed by atoms with Crippen LogP contribution in [0.3, 0.4) is 0 Å². The monoisotopic (exact) mass is 457 g/mol. The summed E-state index contributed by atoms with van der Waals surface area (Å²) in [5, 5.41) is 13.0. The van der Waals surface area contributed by atoms with Gasteiger partial charge in [-0.15, -0.1) is 0 Å². The van der Waals surface area contributed by atoms with E-state index in [0.29, 0.717) is 28.1 Å². The summed E-state index contributed by atoms with van der Waals surface area (Å²) in [5.74, 6) is -1.15. The van der Waals surface area contributed by atoms with Gasteiger partial charge in [0.05, 0.1) is 10.6 Å². The van der Waals surface area contributed by atoms with Gasteiger partial charge >= 0.3 is 6.03 Å². The lowest BCUT2D eigenvalue weighted by Gasteiger charge is -2.27. The quantitative estimate of drug-likeness (QED) is 0.257. The van der Waals surface area contributed by atoms with Gasteiger partial charge in [-0.3, -0.25) is 25.0 Å². The van der Waals surface area contributed by atoms with Crippen molar-refractivity contribution in [1.29, 1.82) is 0 Å². The van der Waals surface area contributed by atoms with Crippen molar-refractivity contribution in [2.75, 3.05) is 4.90 Å². The molecule has 1 aliphatic heterocycles. The van der Waals surface area contributed by atoms with E-state index < -0.39 is 22.8 Å². The highest BCUT2D eigenvalue weighted by Gasteiger charge is 2.37. The number of para-hydroxylation sites is 2. The van der Waals surface area contributed by atoms with Crippen molar-refractivity contribution in [3.63, 3.8) is 0 Å². The minimum Gasteiger partial charge on any atom is -0.488 e. The summed E-state index contributed by atoms with van der Waals surface area (Å²) in [6.07, 6.45) is 1.38. The Bertz CT molecular complexity index is 1330. The Balaban J connectivity index is 1.61. The van der Waals surface area contributed by atoms with Gasteiger partial charge in [0.1, 0.15) is 17.9 Å². The minimum atomic E-state index is -0.816. The van der Waals surface area contributed by atoms with Crippen molar-refractivity contribution in [2.45, 2.75) is 13.5 Å². The van der Waals surface area contributed by atoms with Gasteiger partial charge in [-0.25, -0.2) is 9.69 Å². The molecule has 170 valence electrons. The molecule has 9 heteroatoms. The second-order valence-corrected chi connectivity index (χ2v) is 7.49. The fraction of sp³-hybridized carbons (Fsp3) is 0.0800. The number of hydrogen-bond donors (Lipinski definition) is 1. The number of barbiturate groups is 1. The number of non-ortho nitro benzene ring substituents is 1. The molecule has 0 atom stereocenters. The van der Waals surface area contributed by atoms with Gasteiger partial charge in [0.25, 0.3) is 17.5 Å². The zero-order valence-electron chi connectivity index (χ0n) is 18.1. The van der Waals surface area contributed by atoms with Gasteiger partial charge in [0.2, 0.25) is 0 Å². The van der Waals surface area contributed by atoms with E-state index in [-0.39, 0.29) is 17.9 Å². The number of carbonyl (C=O) groups is 3. The fourth-order valence-electron chi connectivity index (χ4n) is 3.45. The molecule has 0 bridgehead atoms. The van der Waals surface area contributed by atoms with Crippen LogP contribution in [-0.2, 0) is 16.2 Å². The van der Waals surface area contributed by atoms with E-state index in [1.54, 1.807) is 67.6 Å². The van der Waals surface area contributed by atoms with E-state index in [1.165, 1.54) is 18.2 Å². The van der Waals surface area contributed by atoms with Gasteiger partial charge in [0, 0.05) is 17.7 Å². The van der Waals surface area contributed by atoms with Crippen LogP contribution in [0.2, 0.25) is 0 Å². The maximum atomic E-state index is 13.2. The maximum Gasteiger partial charge on any atom is 0.335 e. The van der Waals surface area contributed by atoms with E-state index in [1.807, 2.05) is 0 Å². The summed E-state index contributed by atoms with van der Waals surface area (Å²) in [4.78, 5) is 49.4. The van der Waals surface area contributed by atoms with Gasteiger partial charge in [-0.2, -0.15) is 0 Å². The molecule has 1 saturated heterocycles. The Labute approximate surface area is 194 Å². The van der Waals surface area contributed by atoms with Crippen LogP contribution in [0.5, 0.6) is 5.75 Å². The standard InChI is InChI=1S/C25H19N3O6/c1-16-6-2-4-8-21(16)27-24(30)20(23(29)26-25(27)31)14-18-7-3-5-9-22(18)34-15-17-10-12-19(13-11-17)28(32)33/h2-14H,15H2,1H3,(H,26,29,31)/b20-14+. The molecule has 3 aromatic carbocycles. The summed E-state index contributed by atoms with van der Waals surface area (Å²) in [6, 6.07) is 18.8. The Morgan fingerprint density at radius 1 is 0.971 bits per heavy atom.